The minimum absolute atomic E-state index is 0.0117. The van der Waals surface area contributed by atoms with Gasteiger partial charge in [0.1, 0.15) is 6.10 Å². The molecule has 6 heterocycles. The number of aromatic nitrogens is 1. The quantitative estimate of drug-likeness (QED) is 0.342. The van der Waals surface area contributed by atoms with E-state index >= 15 is 4.79 Å². The van der Waals surface area contributed by atoms with Gasteiger partial charge < -0.3 is 33.9 Å². The maximum atomic E-state index is 15.2. The molecule has 13 atom stereocenters. The number of hydrogen-bond donors (Lipinski definition) is 2. The third-order valence-electron chi connectivity index (χ3n) is 13.8. The molecule has 248 valence electrons. The Kier molecular flexibility index (Phi) is 5.38. The van der Waals surface area contributed by atoms with Crippen LogP contribution in [0.2, 0.25) is 0 Å². The number of ketones is 2. The third-order valence-corrected chi connectivity index (χ3v) is 13.8. The molecule has 1 aromatic rings. The SMILES string of the molecule is C[C@@]12C[C@H]3OC(=O)[C@@H]1CO[C@@]14O[C@@]5([C@H]2C1=O)[C@@]3(C)OC(=O)[C@@]5(O)CC[C@H]1[C@H]4C[C@@H](O)[C@@]2(OC(=O)c3cccnc3)CC=CC(=O)[C@]12C. The fraction of sp³-hybridized carbons (Fsp3) is 0.647. The van der Waals surface area contributed by atoms with Gasteiger partial charge in [-0.3, -0.25) is 19.4 Å². The molecular weight excluding hydrogens is 614 g/mol. The second kappa shape index (κ2) is 8.55. The average molecular weight is 650 g/mol. The highest BCUT2D eigenvalue weighted by atomic mass is 16.8. The lowest BCUT2D eigenvalue weighted by Crippen LogP contribution is -2.79. The van der Waals surface area contributed by atoms with E-state index in [2.05, 4.69) is 4.98 Å². The predicted octanol–water partition coefficient (Wildman–Crippen LogP) is 0.982. The Morgan fingerprint density at radius 2 is 1.91 bits per heavy atom. The van der Waals surface area contributed by atoms with Gasteiger partial charge in [-0.15, -0.1) is 0 Å². The van der Waals surface area contributed by atoms with Gasteiger partial charge >= 0.3 is 17.9 Å². The van der Waals surface area contributed by atoms with Crippen molar-refractivity contribution >= 4 is 29.5 Å². The number of ether oxygens (including phenoxy) is 5. The maximum Gasteiger partial charge on any atom is 0.342 e. The van der Waals surface area contributed by atoms with Crippen molar-refractivity contribution in [2.45, 2.75) is 93.3 Å². The first-order valence-corrected chi connectivity index (χ1v) is 16.2. The molecule has 0 aromatic carbocycles. The summed E-state index contributed by atoms with van der Waals surface area (Å²) < 4.78 is 31.4. The van der Waals surface area contributed by atoms with E-state index in [0.29, 0.717) is 0 Å². The van der Waals surface area contributed by atoms with E-state index in [-0.39, 0.29) is 44.3 Å². The molecule has 5 aliphatic heterocycles. The lowest BCUT2D eigenvalue weighted by Gasteiger charge is -2.64. The van der Waals surface area contributed by atoms with Crippen LogP contribution < -0.4 is 0 Å². The summed E-state index contributed by atoms with van der Waals surface area (Å²) in [6.07, 6.45) is 2.95. The molecule has 0 unspecified atom stereocenters. The van der Waals surface area contributed by atoms with Crippen LogP contribution in [0, 0.1) is 34.5 Å². The number of nitrogens with zero attached hydrogens (tertiary/aromatic N) is 1. The van der Waals surface area contributed by atoms with Crippen molar-refractivity contribution in [3.8, 4) is 0 Å². The molecule has 13 heteroatoms. The minimum Gasteiger partial charge on any atom is -0.458 e. The molecule has 5 saturated heterocycles. The number of aliphatic hydroxyl groups excluding tert-OH is 1. The summed E-state index contributed by atoms with van der Waals surface area (Å²) in [6, 6.07) is 3.07. The number of rotatable bonds is 2. The first kappa shape index (κ1) is 29.6. The van der Waals surface area contributed by atoms with Crippen molar-refractivity contribution in [3.05, 3.63) is 42.2 Å². The Morgan fingerprint density at radius 1 is 1.13 bits per heavy atom. The van der Waals surface area contributed by atoms with Crippen molar-refractivity contribution in [1.29, 1.82) is 0 Å². The van der Waals surface area contributed by atoms with Crippen LogP contribution in [0.1, 0.15) is 63.2 Å². The molecule has 47 heavy (non-hydrogen) atoms. The van der Waals surface area contributed by atoms with Crippen LogP contribution in [0.4, 0.5) is 0 Å². The Bertz CT molecular complexity index is 1730. The monoisotopic (exact) mass is 649 g/mol. The van der Waals surface area contributed by atoms with Gasteiger partial charge in [-0.1, -0.05) is 13.0 Å². The zero-order valence-electron chi connectivity index (χ0n) is 26.1. The predicted molar refractivity (Wildman–Crippen MR) is 153 cm³/mol. The molecule has 8 aliphatic rings. The van der Waals surface area contributed by atoms with E-state index in [0.717, 1.165) is 0 Å². The molecule has 3 aliphatic carbocycles. The molecule has 13 nitrogen and oxygen atoms in total. The van der Waals surface area contributed by atoms with Gasteiger partial charge in [0.25, 0.3) is 0 Å². The number of Topliss-reactive ketones (excluding diaryl/α,β-unsaturated/α-hetero) is 1. The summed E-state index contributed by atoms with van der Waals surface area (Å²) in [5.74, 6) is -9.65. The summed E-state index contributed by atoms with van der Waals surface area (Å²) in [7, 11) is 0. The molecule has 0 radical (unpaired) electrons. The first-order chi connectivity index (χ1) is 22.2. The number of carbonyl (C=O) groups is 5. The third kappa shape index (κ3) is 2.88. The van der Waals surface area contributed by atoms with Crippen LogP contribution in [-0.2, 0) is 42.9 Å². The van der Waals surface area contributed by atoms with Crippen LogP contribution in [0.25, 0.3) is 0 Å². The van der Waals surface area contributed by atoms with Crippen LogP contribution in [0.3, 0.4) is 0 Å². The van der Waals surface area contributed by atoms with E-state index < -0.39 is 104 Å². The normalized spacial score (nSPS) is 53.2. The lowest BCUT2D eigenvalue weighted by atomic mass is 9.46. The Hall–Kier alpha value is -3.52. The zero-order valence-corrected chi connectivity index (χ0v) is 26.1. The summed E-state index contributed by atoms with van der Waals surface area (Å²) in [6.45, 7) is 4.65. The highest BCUT2D eigenvalue weighted by molar-refractivity contribution is 6.01. The summed E-state index contributed by atoms with van der Waals surface area (Å²) in [5, 5.41) is 24.8. The van der Waals surface area contributed by atoms with Crippen LogP contribution >= 0.6 is 0 Å². The number of carbonyl (C=O) groups excluding carboxylic acids is 5. The second-order valence-corrected chi connectivity index (χ2v) is 15.4. The van der Waals surface area contributed by atoms with Crippen molar-refractivity contribution < 1.29 is 57.9 Å². The van der Waals surface area contributed by atoms with E-state index in [4.69, 9.17) is 23.7 Å². The summed E-state index contributed by atoms with van der Waals surface area (Å²) in [4.78, 5) is 74.5. The first-order valence-electron chi connectivity index (χ1n) is 16.2. The Labute approximate surface area is 268 Å². The van der Waals surface area contributed by atoms with Gasteiger partial charge in [-0.2, -0.15) is 0 Å². The summed E-state index contributed by atoms with van der Waals surface area (Å²) >= 11 is 0. The molecule has 7 fully saturated rings. The maximum absolute atomic E-state index is 15.2. The molecule has 9 rings (SSSR count). The topological polar surface area (TPSA) is 185 Å². The van der Waals surface area contributed by atoms with Gasteiger partial charge in [0.2, 0.25) is 5.79 Å². The smallest absolute Gasteiger partial charge is 0.342 e. The number of fused-ring (bicyclic) bond motifs is 5. The van der Waals surface area contributed by atoms with Crippen molar-refractivity contribution in [2.75, 3.05) is 6.61 Å². The van der Waals surface area contributed by atoms with E-state index in [1.807, 2.05) is 0 Å². The van der Waals surface area contributed by atoms with Gasteiger partial charge in [-0.05, 0) is 69.1 Å². The molecule has 2 saturated carbocycles. The fourth-order valence-electron chi connectivity index (χ4n) is 11.5. The largest absolute Gasteiger partial charge is 0.458 e. The Balaban J connectivity index is 1.26. The number of esters is 3. The van der Waals surface area contributed by atoms with Crippen molar-refractivity contribution in [1.82, 2.24) is 4.98 Å². The van der Waals surface area contributed by atoms with Crippen molar-refractivity contribution in [3.63, 3.8) is 0 Å². The molecule has 0 amide bonds. The van der Waals surface area contributed by atoms with Gasteiger partial charge in [0, 0.05) is 24.7 Å². The van der Waals surface area contributed by atoms with E-state index in [1.54, 1.807) is 26.0 Å². The standard InChI is InChI=1S/C34H35NO12/c1-28-13-22-30(3)34-23(28)24(38)33(47-34,43-15-19(28)26(40)44-22)18-12-21(37)32(45-25(39)16-6-5-11-35-14-16)9-4-7-20(36)29(32,2)17(18)8-10-31(34,42)27(41)46-30/h4-7,11,14,17-19,21-23,37,42H,8-10,12-13,15H2,1-3H3/t17-,18+,19-,21+,22+,23-,28+,29-,30-,31-,32-,33-,34-/m0/s1. The minimum atomic E-state index is -2.39. The molecular formula is C34H35NO12. The zero-order chi connectivity index (χ0) is 33.2. The average Bonchev–Trinajstić information content (AvgIpc) is 3.36. The molecule has 2 N–H and O–H groups in total. The number of pyridine rings is 1. The Morgan fingerprint density at radius 3 is 2.66 bits per heavy atom. The summed E-state index contributed by atoms with van der Waals surface area (Å²) in [5.41, 5.74) is -10.6. The molecule has 2 spiro atoms. The van der Waals surface area contributed by atoms with Crippen LogP contribution in [0.5, 0.6) is 0 Å². The van der Waals surface area contributed by atoms with E-state index in [9.17, 15) is 29.4 Å². The highest BCUT2D eigenvalue weighted by Crippen LogP contribution is 2.75. The van der Waals surface area contributed by atoms with Gasteiger partial charge in [-0.25, -0.2) is 9.59 Å². The molecule has 5 bridgehead atoms. The number of aliphatic hydroxyl groups is 2. The number of allylic oxidation sites excluding steroid dienone is 1. The van der Waals surface area contributed by atoms with Crippen molar-refractivity contribution in [2.24, 2.45) is 34.5 Å². The lowest BCUT2D eigenvalue weighted by molar-refractivity contribution is -0.381. The van der Waals surface area contributed by atoms with E-state index in [1.165, 1.54) is 31.5 Å². The van der Waals surface area contributed by atoms with Crippen LogP contribution in [0.15, 0.2) is 36.7 Å². The highest BCUT2D eigenvalue weighted by Gasteiger charge is 2.93. The fourth-order valence-corrected chi connectivity index (χ4v) is 11.5. The van der Waals surface area contributed by atoms with Gasteiger partial charge in [0.05, 0.1) is 35.5 Å². The van der Waals surface area contributed by atoms with Crippen LogP contribution in [-0.4, -0.2) is 91.7 Å². The number of hydrogen-bond acceptors (Lipinski definition) is 13. The van der Waals surface area contributed by atoms with Gasteiger partial charge in [0.15, 0.2) is 34.0 Å². The second-order valence-electron chi connectivity index (χ2n) is 15.4. The molecule has 1 aromatic heterocycles.